The summed E-state index contributed by atoms with van der Waals surface area (Å²) in [5.41, 5.74) is 0. The minimum Gasteiger partial charge on any atom is -0.467 e. The van der Waals surface area contributed by atoms with Crippen molar-refractivity contribution >= 4 is 67.1 Å². The Morgan fingerprint density at radius 1 is 1.42 bits per heavy atom. The first kappa shape index (κ1) is 13.1. The first-order valence-electron chi connectivity index (χ1n) is 2.92. The Labute approximate surface area is 107 Å². The zero-order chi connectivity index (χ0) is 9.56. The van der Waals surface area contributed by atoms with E-state index in [4.69, 9.17) is 4.74 Å². The maximum atomic E-state index is 10.6. The average Bonchev–Trinajstić information content (AvgIpc) is 2.03. The van der Waals surface area contributed by atoms with Gasteiger partial charge in [-0.1, -0.05) is 0 Å². The van der Waals surface area contributed by atoms with E-state index in [1.807, 2.05) is 0 Å². The normalized spacial score (nSPS) is 12.3. The quantitative estimate of drug-likeness (QED) is 0.478. The number of carbonyl (C=O) groups is 1. The third-order valence-electron chi connectivity index (χ3n) is 0.881. The molecule has 3 nitrogen and oxygen atoms in total. The molecular formula is C6H7BrI2O3. The lowest BCUT2D eigenvalue weighted by molar-refractivity contribution is -0.145. The first-order valence-corrected chi connectivity index (χ1v) is 5.87. The maximum absolute atomic E-state index is 10.6. The SMILES string of the molecule is COC(=O)COCC(I)=C(Br)I. The molecule has 0 aromatic carbocycles. The Bertz CT molecular complexity index is 189. The van der Waals surface area contributed by atoms with Gasteiger partial charge in [-0.25, -0.2) is 4.79 Å². The zero-order valence-electron chi connectivity index (χ0n) is 6.27. The van der Waals surface area contributed by atoms with E-state index in [1.54, 1.807) is 0 Å². The van der Waals surface area contributed by atoms with Gasteiger partial charge >= 0.3 is 5.97 Å². The molecular weight excluding hydrogens is 454 g/mol. The van der Waals surface area contributed by atoms with Crippen molar-refractivity contribution in [1.82, 2.24) is 0 Å². The Morgan fingerprint density at radius 3 is 2.42 bits per heavy atom. The first-order chi connectivity index (χ1) is 5.57. The molecule has 0 amide bonds. The van der Waals surface area contributed by atoms with Crippen LogP contribution in [0.25, 0.3) is 0 Å². The Hall–Kier alpha value is 1.11. The fraction of sp³-hybridized carbons (Fsp3) is 0.500. The molecule has 0 fully saturated rings. The molecule has 0 aliphatic rings. The smallest absolute Gasteiger partial charge is 0.331 e. The van der Waals surface area contributed by atoms with Crippen molar-refractivity contribution in [2.45, 2.75) is 0 Å². The second kappa shape index (κ2) is 7.51. The van der Waals surface area contributed by atoms with Crippen LogP contribution in [0.4, 0.5) is 0 Å². The molecule has 0 saturated carbocycles. The van der Waals surface area contributed by atoms with Crippen LogP contribution in [0.1, 0.15) is 0 Å². The van der Waals surface area contributed by atoms with Gasteiger partial charge in [0.1, 0.15) is 6.61 Å². The fourth-order valence-corrected chi connectivity index (χ4v) is 0.828. The standard InChI is InChI=1S/C6H7BrI2O3/c1-11-5(10)3-12-2-4(8)6(7)9/h2-3H2,1H3. The number of esters is 1. The summed E-state index contributed by atoms with van der Waals surface area (Å²) in [6.07, 6.45) is 0. The number of hydrogen-bond donors (Lipinski definition) is 0. The third kappa shape index (κ3) is 6.61. The van der Waals surface area contributed by atoms with Crippen molar-refractivity contribution in [2.75, 3.05) is 20.3 Å². The van der Waals surface area contributed by atoms with E-state index in [1.165, 1.54) is 7.11 Å². The molecule has 70 valence electrons. The van der Waals surface area contributed by atoms with Gasteiger partial charge in [0.2, 0.25) is 0 Å². The summed E-state index contributed by atoms with van der Waals surface area (Å²) in [5, 5.41) is 0. The Kier molecular flexibility index (Phi) is 8.20. The summed E-state index contributed by atoms with van der Waals surface area (Å²) in [4.78, 5) is 10.6. The van der Waals surface area contributed by atoms with Gasteiger partial charge < -0.3 is 9.47 Å². The lowest BCUT2D eigenvalue weighted by Gasteiger charge is -2.01. The second-order valence-electron chi connectivity index (χ2n) is 1.73. The van der Waals surface area contributed by atoms with Gasteiger partial charge in [0, 0.05) is 3.58 Å². The number of rotatable bonds is 4. The topological polar surface area (TPSA) is 35.5 Å². The molecule has 0 bridgehead atoms. The van der Waals surface area contributed by atoms with Crippen LogP contribution in [-0.4, -0.2) is 26.3 Å². The van der Waals surface area contributed by atoms with Crippen molar-refractivity contribution in [2.24, 2.45) is 0 Å². The van der Waals surface area contributed by atoms with E-state index < -0.39 is 0 Å². The largest absolute Gasteiger partial charge is 0.467 e. The molecule has 12 heavy (non-hydrogen) atoms. The number of ether oxygens (including phenoxy) is 2. The number of methoxy groups -OCH3 is 1. The van der Waals surface area contributed by atoms with Crippen LogP contribution in [0.15, 0.2) is 6.07 Å². The minimum absolute atomic E-state index is 0.0000778. The predicted octanol–water partition coefficient (Wildman–Crippen LogP) is 2.61. The summed E-state index contributed by atoms with van der Waals surface area (Å²) in [7, 11) is 1.33. The zero-order valence-corrected chi connectivity index (χ0v) is 12.2. The maximum Gasteiger partial charge on any atom is 0.331 e. The summed E-state index contributed by atoms with van der Waals surface area (Å²) < 4.78 is 11.4. The van der Waals surface area contributed by atoms with Crippen molar-refractivity contribution in [1.29, 1.82) is 0 Å². The number of carbonyl (C=O) groups excluding carboxylic acids is 1. The molecule has 0 aromatic heterocycles. The van der Waals surface area contributed by atoms with E-state index in [9.17, 15) is 4.79 Å². The summed E-state index contributed by atoms with van der Waals surface area (Å²) in [5.74, 6) is -0.358. The van der Waals surface area contributed by atoms with Crippen molar-refractivity contribution in [3.63, 3.8) is 0 Å². The van der Waals surface area contributed by atoms with Gasteiger partial charge in [0.25, 0.3) is 0 Å². The molecule has 0 radical (unpaired) electrons. The lowest BCUT2D eigenvalue weighted by Crippen LogP contribution is -2.10. The molecule has 0 N–H and O–H groups in total. The molecule has 0 aromatic rings. The lowest BCUT2D eigenvalue weighted by atomic mass is 10.6. The summed E-state index contributed by atoms with van der Waals surface area (Å²) in [6.45, 7) is 0.430. The third-order valence-corrected chi connectivity index (χ3v) is 4.64. The van der Waals surface area contributed by atoms with E-state index in [-0.39, 0.29) is 12.6 Å². The molecule has 0 aliphatic heterocycles. The number of halogens is 3. The fourth-order valence-electron chi connectivity index (χ4n) is 0.337. The Balaban J connectivity index is 3.58. The van der Waals surface area contributed by atoms with Gasteiger partial charge in [0.05, 0.1) is 16.2 Å². The highest BCUT2D eigenvalue weighted by molar-refractivity contribution is 14.1. The molecule has 0 saturated heterocycles. The monoisotopic (exact) mass is 460 g/mol. The minimum atomic E-state index is -0.358. The molecule has 0 unspecified atom stereocenters. The van der Waals surface area contributed by atoms with Gasteiger partial charge in [-0.3, -0.25) is 0 Å². The molecule has 0 spiro atoms. The summed E-state index contributed by atoms with van der Waals surface area (Å²) >= 11 is 7.55. The van der Waals surface area contributed by atoms with Gasteiger partial charge in [-0.2, -0.15) is 0 Å². The van der Waals surface area contributed by atoms with Gasteiger partial charge in [-0.15, -0.1) is 0 Å². The average molecular weight is 461 g/mol. The molecule has 0 heterocycles. The van der Waals surface area contributed by atoms with E-state index in [2.05, 4.69) is 65.8 Å². The molecule has 6 heteroatoms. The summed E-state index contributed by atoms with van der Waals surface area (Å²) in [6, 6.07) is 0. The highest BCUT2D eigenvalue weighted by Gasteiger charge is 2.01. The van der Waals surface area contributed by atoms with Crippen LogP contribution in [0.2, 0.25) is 0 Å². The molecule has 0 rings (SSSR count). The van der Waals surface area contributed by atoms with E-state index in [0.717, 1.165) is 6.07 Å². The van der Waals surface area contributed by atoms with Crippen LogP contribution in [0, 0.1) is 0 Å². The van der Waals surface area contributed by atoms with Crippen molar-refractivity contribution in [3.8, 4) is 0 Å². The highest BCUT2D eigenvalue weighted by atomic mass is 127. The highest BCUT2D eigenvalue weighted by Crippen LogP contribution is 2.24. The van der Waals surface area contributed by atoms with Crippen LogP contribution in [-0.2, 0) is 14.3 Å². The predicted molar refractivity (Wildman–Crippen MR) is 66.8 cm³/mol. The van der Waals surface area contributed by atoms with Crippen molar-refractivity contribution < 1.29 is 14.3 Å². The second-order valence-corrected chi connectivity index (χ2v) is 6.39. The molecule has 0 aliphatic carbocycles. The van der Waals surface area contributed by atoms with E-state index in [0.29, 0.717) is 6.61 Å². The molecule has 0 atom stereocenters. The van der Waals surface area contributed by atoms with Crippen molar-refractivity contribution in [3.05, 3.63) is 6.07 Å². The van der Waals surface area contributed by atoms with Crippen LogP contribution in [0.3, 0.4) is 0 Å². The van der Waals surface area contributed by atoms with Crippen LogP contribution < -0.4 is 0 Å². The van der Waals surface area contributed by atoms with Gasteiger partial charge in [-0.05, 0) is 61.1 Å². The van der Waals surface area contributed by atoms with Crippen LogP contribution >= 0.6 is 61.1 Å². The number of hydrogen-bond acceptors (Lipinski definition) is 3. The van der Waals surface area contributed by atoms with Gasteiger partial charge in [0.15, 0.2) is 0 Å². The van der Waals surface area contributed by atoms with E-state index >= 15 is 0 Å². The van der Waals surface area contributed by atoms with Crippen LogP contribution in [0.5, 0.6) is 0 Å². The Morgan fingerprint density at radius 2 is 2.00 bits per heavy atom.